The van der Waals surface area contributed by atoms with Crippen molar-refractivity contribution in [3.8, 4) is 0 Å². The first kappa shape index (κ1) is 17.3. The van der Waals surface area contributed by atoms with Gasteiger partial charge in [-0.2, -0.15) is 0 Å². The minimum atomic E-state index is -1.34. The average Bonchev–Trinajstić information content (AvgIpc) is 2.74. The summed E-state index contributed by atoms with van der Waals surface area (Å²) in [6.45, 7) is 1.82. The summed E-state index contributed by atoms with van der Waals surface area (Å²) >= 11 is 6.23. The van der Waals surface area contributed by atoms with Crippen molar-refractivity contribution in [2.45, 2.75) is 44.5 Å². The number of carbonyl (C=O) groups is 1. The third-order valence-electron chi connectivity index (χ3n) is 4.34. The summed E-state index contributed by atoms with van der Waals surface area (Å²) in [5, 5.41) is 28.0. The molecular formula is C15H21BClNO4. The highest BCUT2D eigenvalue weighted by Crippen LogP contribution is 2.43. The van der Waals surface area contributed by atoms with Gasteiger partial charge in [-0.1, -0.05) is 24.1 Å². The quantitative estimate of drug-likeness (QED) is 0.599. The number of hydrogen-bond donors (Lipinski definition) is 4. The van der Waals surface area contributed by atoms with Gasteiger partial charge in [-0.05, 0) is 54.8 Å². The van der Waals surface area contributed by atoms with Crippen LogP contribution in [0.15, 0.2) is 12.1 Å². The number of fused-ring (bicyclic) bond motifs is 1. The van der Waals surface area contributed by atoms with E-state index in [0.717, 1.165) is 16.7 Å². The first-order valence-corrected chi connectivity index (χ1v) is 7.85. The molecule has 0 fully saturated rings. The molecule has 5 nitrogen and oxygen atoms in total. The molecule has 0 aliphatic heterocycles. The Hall–Kier alpha value is -1.08. The molecule has 0 saturated carbocycles. The van der Waals surface area contributed by atoms with Gasteiger partial charge in [0.15, 0.2) is 0 Å². The van der Waals surface area contributed by atoms with Crippen molar-refractivity contribution < 1.29 is 19.9 Å². The van der Waals surface area contributed by atoms with Gasteiger partial charge in [0.2, 0.25) is 0 Å². The molecule has 0 aromatic heterocycles. The summed E-state index contributed by atoms with van der Waals surface area (Å²) in [4.78, 5) is 11.7. The van der Waals surface area contributed by atoms with E-state index in [2.05, 4.69) is 0 Å². The molecule has 3 atom stereocenters. The summed E-state index contributed by atoms with van der Waals surface area (Å²) in [7, 11) is -1.34. The standard InChI is InChI=1S/C15H21BClNO4/c1-8(18)11-7-12-10(6-13(11)17)5-9(14(12)15(19)20)3-2-4-16(21)22/h6-9,14,21-22H,2-5,18H2,1H3,(H,19,20)/t8-,9-,14-/m0/s1. The normalized spacial score (nSPS) is 21.5. The zero-order valence-corrected chi connectivity index (χ0v) is 13.3. The van der Waals surface area contributed by atoms with Crippen LogP contribution >= 0.6 is 11.6 Å². The van der Waals surface area contributed by atoms with Crippen molar-refractivity contribution in [2.75, 3.05) is 0 Å². The number of carboxylic acid groups (broad SMARTS) is 1. The molecule has 0 saturated heterocycles. The van der Waals surface area contributed by atoms with Gasteiger partial charge in [-0.15, -0.1) is 0 Å². The van der Waals surface area contributed by atoms with Crippen molar-refractivity contribution in [1.82, 2.24) is 0 Å². The van der Waals surface area contributed by atoms with E-state index in [9.17, 15) is 9.90 Å². The number of carboxylic acids is 1. The summed E-state index contributed by atoms with van der Waals surface area (Å²) in [5.41, 5.74) is 8.40. The molecule has 1 aromatic rings. The van der Waals surface area contributed by atoms with Crippen LogP contribution < -0.4 is 5.73 Å². The molecule has 5 N–H and O–H groups in total. The van der Waals surface area contributed by atoms with Crippen molar-refractivity contribution in [1.29, 1.82) is 0 Å². The fourth-order valence-corrected chi connectivity index (χ4v) is 3.64. The van der Waals surface area contributed by atoms with E-state index in [0.29, 0.717) is 24.3 Å². The lowest BCUT2D eigenvalue weighted by atomic mass is 9.80. The topological polar surface area (TPSA) is 104 Å². The van der Waals surface area contributed by atoms with Gasteiger partial charge in [-0.3, -0.25) is 4.79 Å². The Morgan fingerprint density at radius 1 is 1.50 bits per heavy atom. The molecule has 0 amide bonds. The molecule has 0 unspecified atom stereocenters. The molecule has 0 heterocycles. The Kier molecular flexibility index (Phi) is 5.50. The van der Waals surface area contributed by atoms with Crippen LogP contribution in [-0.2, 0) is 11.2 Å². The molecule has 0 radical (unpaired) electrons. The van der Waals surface area contributed by atoms with E-state index in [1.807, 2.05) is 19.1 Å². The Bertz CT molecular complexity index is 565. The second-order valence-corrected chi connectivity index (χ2v) is 6.46. The number of halogens is 1. The Morgan fingerprint density at radius 3 is 2.73 bits per heavy atom. The smallest absolute Gasteiger partial charge is 0.451 e. The van der Waals surface area contributed by atoms with E-state index in [-0.39, 0.29) is 18.3 Å². The number of nitrogens with two attached hydrogens (primary N) is 1. The predicted molar refractivity (Wildman–Crippen MR) is 85.9 cm³/mol. The number of aliphatic carboxylic acids is 1. The molecular weight excluding hydrogens is 304 g/mol. The van der Waals surface area contributed by atoms with Gasteiger partial charge in [0, 0.05) is 11.1 Å². The minimum Gasteiger partial charge on any atom is -0.481 e. The van der Waals surface area contributed by atoms with Gasteiger partial charge in [0.25, 0.3) is 0 Å². The molecule has 1 aliphatic carbocycles. The molecule has 22 heavy (non-hydrogen) atoms. The lowest BCUT2D eigenvalue weighted by Crippen LogP contribution is -2.19. The first-order valence-electron chi connectivity index (χ1n) is 7.48. The van der Waals surface area contributed by atoms with E-state index in [1.54, 1.807) is 0 Å². The molecule has 1 aliphatic rings. The Morgan fingerprint density at radius 2 is 2.18 bits per heavy atom. The average molecular weight is 326 g/mol. The van der Waals surface area contributed by atoms with E-state index >= 15 is 0 Å². The SMILES string of the molecule is C[C@H](N)c1cc2c(cc1Cl)C[C@H](CCCB(O)O)[C@@H]2C(=O)O. The summed E-state index contributed by atoms with van der Waals surface area (Å²) in [5.74, 6) is -1.49. The van der Waals surface area contributed by atoms with Crippen molar-refractivity contribution in [3.63, 3.8) is 0 Å². The second-order valence-electron chi connectivity index (χ2n) is 6.05. The van der Waals surface area contributed by atoms with Crippen LogP contribution in [0.25, 0.3) is 0 Å². The molecule has 120 valence electrons. The van der Waals surface area contributed by atoms with E-state index in [4.69, 9.17) is 27.4 Å². The molecule has 0 bridgehead atoms. The maximum atomic E-state index is 11.7. The molecule has 0 spiro atoms. The van der Waals surface area contributed by atoms with Crippen LogP contribution in [0.4, 0.5) is 0 Å². The number of hydrogen-bond acceptors (Lipinski definition) is 4. The number of rotatable bonds is 6. The van der Waals surface area contributed by atoms with Crippen LogP contribution in [-0.4, -0.2) is 28.2 Å². The lowest BCUT2D eigenvalue weighted by Gasteiger charge is -2.17. The van der Waals surface area contributed by atoms with Gasteiger partial charge < -0.3 is 20.9 Å². The fourth-order valence-electron chi connectivity index (χ4n) is 3.28. The molecule has 2 rings (SSSR count). The largest absolute Gasteiger partial charge is 0.481 e. The Labute approximate surface area is 135 Å². The van der Waals surface area contributed by atoms with Gasteiger partial charge in [-0.25, -0.2) is 0 Å². The third-order valence-corrected chi connectivity index (χ3v) is 4.67. The summed E-state index contributed by atoms with van der Waals surface area (Å²) < 4.78 is 0. The van der Waals surface area contributed by atoms with Crippen molar-refractivity contribution in [3.05, 3.63) is 33.8 Å². The van der Waals surface area contributed by atoms with Gasteiger partial charge in [0.05, 0.1) is 5.92 Å². The highest BCUT2D eigenvalue weighted by molar-refractivity contribution is 6.40. The molecule has 7 heteroatoms. The van der Waals surface area contributed by atoms with Crippen LogP contribution in [0, 0.1) is 5.92 Å². The van der Waals surface area contributed by atoms with Crippen molar-refractivity contribution in [2.24, 2.45) is 11.7 Å². The second kappa shape index (κ2) is 7.00. The van der Waals surface area contributed by atoms with Gasteiger partial charge in [0.1, 0.15) is 0 Å². The van der Waals surface area contributed by atoms with Crippen LogP contribution in [0.3, 0.4) is 0 Å². The minimum absolute atomic E-state index is 0.0503. The monoisotopic (exact) mass is 325 g/mol. The fraction of sp³-hybridized carbons (Fsp3) is 0.533. The highest BCUT2D eigenvalue weighted by Gasteiger charge is 2.38. The predicted octanol–water partition coefficient (Wildman–Crippen LogP) is 1.95. The van der Waals surface area contributed by atoms with Crippen molar-refractivity contribution >= 4 is 24.7 Å². The zero-order valence-electron chi connectivity index (χ0n) is 12.5. The van der Waals surface area contributed by atoms with Crippen LogP contribution in [0.5, 0.6) is 0 Å². The first-order chi connectivity index (χ1) is 10.3. The Balaban J connectivity index is 2.25. The van der Waals surface area contributed by atoms with Gasteiger partial charge >= 0.3 is 13.1 Å². The summed E-state index contributed by atoms with van der Waals surface area (Å²) in [6.07, 6.45) is 2.11. The maximum absolute atomic E-state index is 11.7. The van der Waals surface area contributed by atoms with E-state index in [1.165, 1.54) is 0 Å². The number of benzene rings is 1. The maximum Gasteiger partial charge on any atom is 0.451 e. The van der Waals surface area contributed by atoms with E-state index < -0.39 is 19.0 Å². The molecule has 1 aromatic carbocycles. The summed E-state index contributed by atoms with van der Waals surface area (Å²) in [6, 6.07) is 3.39. The lowest BCUT2D eigenvalue weighted by molar-refractivity contribution is -0.139. The highest BCUT2D eigenvalue weighted by atomic mass is 35.5. The van der Waals surface area contributed by atoms with Crippen LogP contribution in [0.1, 0.15) is 48.4 Å². The third kappa shape index (κ3) is 3.63. The zero-order chi connectivity index (χ0) is 16.4. The van der Waals surface area contributed by atoms with Crippen LogP contribution in [0.2, 0.25) is 11.3 Å².